The molecule has 0 aliphatic rings. The van der Waals surface area contributed by atoms with Gasteiger partial charge in [0.05, 0.1) is 0 Å². The number of amides is 3. The van der Waals surface area contributed by atoms with E-state index in [1.807, 2.05) is 24.5 Å². The maximum absolute atomic E-state index is 11.5. The molecule has 0 saturated heterocycles. The van der Waals surface area contributed by atoms with Gasteiger partial charge in [-0.25, -0.2) is 10.2 Å². The number of nitrogens with one attached hydrogen (secondary N) is 2. The van der Waals surface area contributed by atoms with Crippen molar-refractivity contribution >= 4 is 11.9 Å². The Kier molecular flexibility index (Phi) is 3.68. The molecule has 0 fully saturated rings. The summed E-state index contributed by atoms with van der Waals surface area (Å²) in [4.78, 5) is 21.9. The molecule has 4 N–H and O–H groups in total. The second-order valence-corrected chi connectivity index (χ2v) is 2.95. The molecule has 0 saturated carbocycles. The quantitative estimate of drug-likeness (QED) is 0.619. The van der Waals surface area contributed by atoms with E-state index in [4.69, 9.17) is 5.73 Å². The summed E-state index contributed by atoms with van der Waals surface area (Å²) in [5.41, 5.74) is 10.5. The number of aryl methyl sites for hydroxylation is 1. The van der Waals surface area contributed by atoms with Crippen LogP contribution in [0.2, 0.25) is 0 Å². The van der Waals surface area contributed by atoms with Crippen LogP contribution in [0.5, 0.6) is 0 Å². The van der Waals surface area contributed by atoms with E-state index in [0.29, 0.717) is 5.56 Å². The first-order chi connectivity index (χ1) is 7.15. The van der Waals surface area contributed by atoms with E-state index >= 15 is 0 Å². The van der Waals surface area contributed by atoms with Crippen LogP contribution in [0.25, 0.3) is 0 Å². The van der Waals surface area contributed by atoms with Gasteiger partial charge < -0.3 is 5.73 Å². The molecule has 0 aliphatic carbocycles. The van der Waals surface area contributed by atoms with Crippen LogP contribution in [-0.4, -0.2) is 11.9 Å². The first-order valence-corrected chi connectivity index (χ1v) is 4.58. The van der Waals surface area contributed by atoms with E-state index in [1.165, 1.54) is 0 Å². The average molecular weight is 207 g/mol. The Morgan fingerprint density at radius 3 is 2.53 bits per heavy atom. The number of urea groups is 1. The van der Waals surface area contributed by atoms with Crippen LogP contribution in [0, 0.1) is 0 Å². The summed E-state index contributed by atoms with van der Waals surface area (Å²) in [5.74, 6) is -0.369. The topological polar surface area (TPSA) is 84.2 Å². The van der Waals surface area contributed by atoms with E-state index in [9.17, 15) is 9.59 Å². The van der Waals surface area contributed by atoms with Crippen molar-refractivity contribution in [2.45, 2.75) is 13.3 Å². The Morgan fingerprint density at radius 1 is 1.27 bits per heavy atom. The SMILES string of the molecule is CCc1ccccc1C(=O)NNC(N)=O. The molecule has 0 atom stereocenters. The van der Waals surface area contributed by atoms with Crippen molar-refractivity contribution < 1.29 is 9.59 Å². The number of carbonyl (C=O) groups is 2. The van der Waals surface area contributed by atoms with Crippen molar-refractivity contribution in [2.24, 2.45) is 5.73 Å². The maximum Gasteiger partial charge on any atom is 0.330 e. The second kappa shape index (κ2) is 4.99. The van der Waals surface area contributed by atoms with Crippen LogP contribution < -0.4 is 16.6 Å². The third kappa shape index (κ3) is 2.98. The highest BCUT2D eigenvalue weighted by atomic mass is 16.2. The minimum Gasteiger partial charge on any atom is -0.350 e. The molecule has 1 rings (SSSR count). The molecule has 0 aromatic heterocycles. The van der Waals surface area contributed by atoms with Gasteiger partial charge in [0.15, 0.2) is 0 Å². The number of hydrazine groups is 1. The van der Waals surface area contributed by atoms with Gasteiger partial charge in [-0.1, -0.05) is 25.1 Å². The summed E-state index contributed by atoms with van der Waals surface area (Å²) in [6.45, 7) is 1.95. The molecule has 0 spiro atoms. The van der Waals surface area contributed by atoms with E-state index in [-0.39, 0.29) is 5.91 Å². The molecule has 0 bridgehead atoms. The summed E-state index contributed by atoms with van der Waals surface area (Å²) in [7, 11) is 0. The van der Waals surface area contributed by atoms with Crippen molar-refractivity contribution in [3.8, 4) is 0 Å². The van der Waals surface area contributed by atoms with Crippen molar-refractivity contribution in [3.05, 3.63) is 35.4 Å². The molecule has 3 amide bonds. The summed E-state index contributed by atoms with van der Waals surface area (Å²) in [5, 5.41) is 0. The van der Waals surface area contributed by atoms with Crippen molar-refractivity contribution in [3.63, 3.8) is 0 Å². The van der Waals surface area contributed by atoms with Gasteiger partial charge in [0.2, 0.25) is 0 Å². The first-order valence-electron chi connectivity index (χ1n) is 4.58. The van der Waals surface area contributed by atoms with Gasteiger partial charge in [-0.3, -0.25) is 10.2 Å². The Balaban J connectivity index is 2.77. The fourth-order valence-electron chi connectivity index (χ4n) is 1.24. The lowest BCUT2D eigenvalue weighted by atomic mass is 10.1. The number of primary amides is 1. The normalized spacial score (nSPS) is 9.40. The predicted molar refractivity (Wildman–Crippen MR) is 56.0 cm³/mol. The molecule has 0 heterocycles. The number of hydrogen-bond donors (Lipinski definition) is 3. The van der Waals surface area contributed by atoms with Gasteiger partial charge in [-0.05, 0) is 18.1 Å². The summed E-state index contributed by atoms with van der Waals surface area (Å²) in [6.07, 6.45) is 0.750. The Morgan fingerprint density at radius 2 is 1.93 bits per heavy atom. The van der Waals surface area contributed by atoms with E-state index < -0.39 is 6.03 Å². The zero-order valence-electron chi connectivity index (χ0n) is 8.41. The number of benzene rings is 1. The third-order valence-electron chi connectivity index (χ3n) is 1.94. The fraction of sp³-hybridized carbons (Fsp3) is 0.200. The molecular weight excluding hydrogens is 194 g/mol. The first kappa shape index (κ1) is 11.0. The molecule has 0 radical (unpaired) electrons. The molecule has 1 aromatic carbocycles. The van der Waals surface area contributed by atoms with Crippen LogP contribution in [0.1, 0.15) is 22.8 Å². The second-order valence-electron chi connectivity index (χ2n) is 2.95. The van der Waals surface area contributed by atoms with Crippen LogP contribution >= 0.6 is 0 Å². The zero-order chi connectivity index (χ0) is 11.3. The molecule has 1 aromatic rings. The molecule has 0 aliphatic heterocycles. The number of rotatable bonds is 2. The minimum absolute atomic E-state index is 0.369. The molecular formula is C10H13N3O2. The lowest BCUT2D eigenvalue weighted by Gasteiger charge is -2.08. The van der Waals surface area contributed by atoms with E-state index in [0.717, 1.165) is 12.0 Å². The van der Waals surface area contributed by atoms with Crippen LogP contribution in [0.4, 0.5) is 4.79 Å². The van der Waals surface area contributed by atoms with Crippen LogP contribution in [-0.2, 0) is 6.42 Å². The smallest absolute Gasteiger partial charge is 0.330 e. The largest absolute Gasteiger partial charge is 0.350 e. The van der Waals surface area contributed by atoms with Gasteiger partial charge >= 0.3 is 6.03 Å². The van der Waals surface area contributed by atoms with Gasteiger partial charge in [-0.15, -0.1) is 0 Å². The monoisotopic (exact) mass is 207 g/mol. The summed E-state index contributed by atoms with van der Waals surface area (Å²) >= 11 is 0. The highest BCUT2D eigenvalue weighted by molar-refractivity contribution is 5.96. The highest BCUT2D eigenvalue weighted by Gasteiger charge is 2.09. The predicted octanol–water partition coefficient (Wildman–Crippen LogP) is 0.562. The molecule has 5 heteroatoms. The van der Waals surface area contributed by atoms with Crippen molar-refractivity contribution in [1.29, 1.82) is 0 Å². The van der Waals surface area contributed by atoms with Crippen molar-refractivity contribution in [2.75, 3.05) is 0 Å². The minimum atomic E-state index is -0.794. The van der Waals surface area contributed by atoms with E-state index in [2.05, 4.69) is 5.43 Å². The number of hydrogen-bond acceptors (Lipinski definition) is 2. The zero-order valence-corrected chi connectivity index (χ0v) is 8.41. The highest BCUT2D eigenvalue weighted by Crippen LogP contribution is 2.08. The Labute approximate surface area is 87.6 Å². The maximum atomic E-state index is 11.5. The van der Waals surface area contributed by atoms with Gasteiger partial charge in [0.1, 0.15) is 0 Å². The van der Waals surface area contributed by atoms with Crippen LogP contribution in [0.3, 0.4) is 0 Å². The molecule has 15 heavy (non-hydrogen) atoms. The summed E-state index contributed by atoms with van der Waals surface area (Å²) < 4.78 is 0. The lowest BCUT2D eigenvalue weighted by molar-refractivity contribution is 0.0936. The summed E-state index contributed by atoms with van der Waals surface area (Å²) in [6, 6.07) is 6.38. The molecule has 80 valence electrons. The van der Waals surface area contributed by atoms with Gasteiger partial charge in [0, 0.05) is 5.56 Å². The standard InChI is InChI=1S/C10H13N3O2/c1-2-7-5-3-4-6-8(7)9(14)12-13-10(11)15/h3-6H,2H2,1H3,(H,12,14)(H3,11,13,15). The molecule has 0 unspecified atom stereocenters. The van der Waals surface area contributed by atoms with Crippen LogP contribution in [0.15, 0.2) is 24.3 Å². The average Bonchev–Trinajstić information content (AvgIpc) is 2.25. The fourth-order valence-corrected chi connectivity index (χ4v) is 1.24. The number of carbonyl (C=O) groups excluding carboxylic acids is 2. The van der Waals surface area contributed by atoms with Crippen molar-refractivity contribution in [1.82, 2.24) is 10.9 Å². The molecule has 5 nitrogen and oxygen atoms in total. The third-order valence-corrected chi connectivity index (χ3v) is 1.94. The lowest BCUT2D eigenvalue weighted by Crippen LogP contribution is -2.44. The number of nitrogens with two attached hydrogens (primary N) is 1. The Bertz CT molecular complexity index is 377. The Hall–Kier alpha value is -2.04. The van der Waals surface area contributed by atoms with Gasteiger partial charge in [0.25, 0.3) is 5.91 Å². The van der Waals surface area contributed by atoms with E-state index in [1.54, 1.807) is 12.1 Å². The van der Waals surface area contributed by atoms with Gasteiger partial charge in [-0.2, -0.15) is 0 Å².